The molecule has 0 saturated carbocycles. The molecule has 0 aromatic heterocycles. The number of hydrogen-bond acceptors (Lipinski definition) is 5. The summed E-state index contributed by atoms with van der Waals surface area (Å²) in [7, 11) is 0. The molecule has 2 N–H and O–H groups in total. The minimum atomic E-state index is -1.06. The summed E-state index contributed by atoms with van der Waals surface area (Å²) in [4.78, 5) is 24.6. The molecule has 2 bridgehead atoms. The van der Waals surface area contributed by atoms with Gasteiger partial charge in [-0.25, -0.2) is 0 Å². The maximum Gasteiger partial charge on any atom is 0.238 e. The molecule has 3 heterocycles. The number of rotatable bonds is 2. The summed E-state index contributed by atoms with van der Waals surface area (Å²) in [6, 6.07) is 0. The number of likely N-dealkylation sites (tertiary alicyclic amines) is 1. The molecule has 0 aliphatic carbocycles. The van der Waals surface area contributed by atoms with Gasteiger partial charge in [-0.3, -0.25) is 14.5 Å². The Balaban J connectivity index is 2.06. The molecule has 4 atom stereocenters. The van der Waals surface area contributed by atoms with Crippen LogP contribution in [0, 0.1) is 11.8 Å². The highest BCUT2D eigenvalue weighted by atomic mass is 16.5. The van der Waals surface area contributed by atoms with Crippen molar-refractivity contribution < 1.29 is 24.5 Å². The molecule has 0 spiro atoms. The molecule has 0 aromatic rings. The van der Waals surface area contributed by atoms with Crippen LogP contribution in [-0.2, 0) is 14.3 Å². The van der Waals surface area contributed by atoms with E-state index in [2.05, 4.69) is 0 Å². The van der Waals surface area contributed by atoms with Crippen LogP contribution in [0.4, 0.5) is 0 Å². The van der Waals surface area contributed by atoms with Crippen molar-refractivity contribution in [1.82, 2.24) is 4.90 Å². The van der Waals surface area contributed by atoms with Crippen LogP contribution in [0.2, 0.25) is 0 Å². The van der Waals surface area contributed by atoms with Crippen molar-refractivity contribution in [3.8, 4) is 0 Å². The van der Waals surface area contributed by atoms with Gasteiger partial charge in [0.15, 0.2) is 0 Å². The summed E-state index contributed by atoms with van der Waals surface area (Å²) in [5.74, 6) is -2.15. The predicted molar refractivity (Wildman–Crippen MR) is 49.7 cm³/mol. The second kappa shape index (κ2) is 2.91. The zero-order valence-corrected chi connectivity index (χ0v) is 8.37. The Morgan fingerprint density at radius 1 is 1.38 bits per heavy atom. The van der Waals surface area contributed by atoms with Crippen LogP contribution < -0.4 is 0 Å². The molecule has 6 heteroatoms. The normalized spacial score (nSPS) is 44.6. The summed E-state index contributed by atoms with van der Waals surface area (Å²) in [6.07, 6.45) is 2.89. The standard InChI is InChI=1S/C10H11NO5/c12-3-10-2-1-5(16-10)6-7(10)9(15)11(4-13)8(6)14/h1-2,5-7,12-13H,3-4H2. The van der Waals surface area contributed by atoms with Crippen LogP contribution in [0.5, 0.6) is 0 Å². The van der Waals surface area contributed by atoms with Gasteiger partial charge < -0.3 is 14.9 Å². The summed E-state index contributed by atoms with van der Waals surface area (Å²) < 4.78 is 5.50. The highest BCUT2D eigenvalue weighted by Gasteiger charge is 2.67. The summed E-state index contributed by atoms with van der Waals surface area (Å²) in [6.45, 7) is -0.946. The van der Waals surface area contributed by atoms with Crippen LogP contribution in [0.25, 0.3) is 0 Å². The Labute approximate surface area is 91.1 Å². The SMILES string of the molecule is O=C1C2C3C=CC(CO)(O3)C2C(=O)N1CO. The molecule has 3 rings (SSSR count). The van der Waals surface area contributed by atoms with Crippen molar-refractivity contribution in [2.75, 3.05) is 13.3 Å². The lowest BCUT2D eigenvalue weighted by molar-refractivity contribution is -0.149. The molecule has 2 saturated heterocycles. The third kappa shape index (κ3) is 0.881. The molecular formula is C10H11NO5. The lowest BCUT2D eigenvalue weighted by atomic mass is 9.77. The second-order valence-corrected chi connectivity index (χ2v) is 4.30. The van der Waals surface area contributed by atoms with E-state index in [1.807, 2.05) is 0 Å². The number of aliphatic hydroxyl groups is 2. The third-order valence-electron chi connectivity index (χ3n) is 3.63. The fourth-order valence-corrected chi connectivity index (χ4v) is 2.88. The van der Waals surface area contributed by atoms with Crippen LogP contribution >= 0.6 is 0 Å². The average molecular weight is 225 g/mol. The van der Waals surface area contributed by atoms with Gasteiger partial charge in [0, 0.05) is 0 Å². The first kappa shape index (κ1) is 9.95. The van der Waals surface area contributed by atoms with E-state index in [1.54, 1.807) is 12.2 Å². The van der Waals surface area contributed by atoms with Gasteiger partial charge >= 0.3 is 0 Å². The van der Waals surface area contributed by atoms with Crippen molar-refractivity contribution in [3.63, 3.8) is 0 Å². The maximum absolute atomic E-state index is 11.9. The summed E-state index contributed by atoms with van der Waals surface area (Å²) >= 11 is 0. The quantitative estimate of drug-likeness (QED) is 0.429. The summed E-state index contributed by atoms with van der Waals surface area (Å²) in [5.41, 5.74) is -1.06. The zero-order chi connectivity index (χ0) is 11.5. The Hall–Kier alpha value is -1.24. The number of imide groups is 1. The van der Waals surface area contributed by atoms with Crippen molar-refractivity contribution in [2.24, 2.45) is 11.8 Å². The fraction of sp³-hybridized carbons (Fsp3) is 0.600. The Kier molecular flexibility index (Phi) is 1.81. The van der Waals surface area contributed by atoms with E-state index in [0.717, 1.165) is 4.90 Å². The number of nitrogens with zero attached hydrogens (tertiary/aromatic N) is 1. The largest absolute Gasteiger partial charge is 0.393 e. The van der Waals surface area contributed by atoms with Crippen LogP contribution in [-0.4, -0.2) is 52.0 Å². The number of hydrogen-bond donors (Lipinski definition) is 2. The molecule has 0 radical (unpaired) electrons. The fourth-order valence-electron chi connectivity index (χ4n) is 2.88. The minimum Gasteiger partial charge on any atom is -0.393 e. The molecule has 0 aromatic carbocycles. The Morgan fingerprint density at radius 3 is 2.75 bits per heavy atom. The monoisotopic (exact) mass is 225 g/mol. The van der Waals surface area contributed by atoms with E-state index in [4.69, 9.17) is 9.84 Å². The number of amides is 2. The van der Waals surface area contributed by atoms with Gasteiger partial charge in [0.05, 0.1) is 24.5 Å². The second-order valence-electron chi connectivity index (χ2n) is 4.30. The van der Waals surface area contributed by atoms with Gasteiger partial charge in [0.25, 0.3) is 0 Å². The van der Waals surface area contributed by atoms with Crippen LogP contribution in [0.15, 0.2) is 12.2 Å². The number of ether oxygens (including phenoxy) is 1. The molecule has 86 valence electrons. The zero-order valence-electron chi connectivity index (χ0n) is 8.37. The Bertz CT molecular complexity index is 406. The van der Waals surface area contributed by atoms with Crippen molar-refractivity contribution in [3.05, 3.63) is 12.2 Å². The molecule has 2 amide bonds. The Morgan fingerprint density at radius 2 is 2.12 bits per heavy atom. The number of carbonyl (C=O) groups is 2. The molecule has 3 aliphatic heterocycles. The smallest absolute Gasteiger partial charge is 0.238 e. The number of fused-ring (bicyclic) bond motifs is 5. The first-order chi connectivity index (χ1) is 7.64. The highest BCUT2D eigenvalue weighted by Crippen LogP contribution is 2.51. The van der Waals surface area contributed by atoms with Crippen molar-refractivity contribution in [2.45, 2.75) is 11.7 Å². The lowest BCUT2D eigenvalue weighted by Crippen LogP contribution is -2.43. The molecule has 4 unspecified atom stereocenters. The van der Waals surface area contributed by atoms with Crippen LogP contribution in [0.3, 0.4) is 0 Å². The van der Waals surface area contributed by atoms with Gasteiger partial charge in [-0.1, -0.05) is 12.2 Å². The topological polar surface area (TPSA) is 87.1 Å². The van der Waals surface area contributed by atoms with Gasteiger partial charge in [-0.15, -0.1) is 0 Å². The van der Waals surface area contributed by atoms with E-state index in [0.29, 0.717) is 0 Å². The predicted octanol–water partition coefficient (Wildman–Crippen LogP) is -1.76. The van der Waals surface area contributed by atoms with Gasteiger partial charge in [-0.05, 0) is 0 Å². The molecule has 3 aliphatic rings. The molecule has 6 nitrogen and oxygen atoms in total. The van der Waals surface area contributed by atoms with Gasteiger partial charge in [0.2, 0.25) is 11.8 Å². The maximum atomic E-state index is 11.9. The van der Waals surface area contributed by atoms with Gasteiger partial charge in [-0.2, -0.15) is 0 Å². The number of carbonyl (C=O) groups excluding carboxylic acids is 2. The lowest BCUT2D eigenvalue weighted by Gasteiger charge is -2.25. The van der Waals surface area contributed by atoms with Crippen molar-refractivity contribution in [1.29, 1.82) is 0 Å². The van der Waals surface area contributed by atoms with E-state index in [9.17, 15) is 14.7 Å². The van der Waals surface area contributed by atoms with E-state index < -0.39 is 42.1 Å². The van der Waals surface area contributed by atoms with Crippen molar-refractivity contribution >= 4 is 11.8 Å². The highest BCUT2D eigenvalue weighted by molar-refractivity contribution is 6.07. The van der Waals surface area contributed by atoms with Gasteiger partial charge in [0.1, 0.15) is 12.3 Å². The minimum absolute atomic E-state index is 0.334. The van der Waals surface area contributed by atoms with E-state index >= 15 is 0 Å². The van der Waals surface area contributed by atoms with E-state index in [-0.39, 0.29) is 6.61 Å². The first-order valence-corrected chi connectivity index (χ1v) is 5.09. The third-order valence-corrected chi connectivity index (χ3v) is 3.63. The summed E-state index contributed by atoms with van der Waals surface area (Å²) in [5, 5.41) is 18.3. The van der Waals surface area contributed by atoms with Crippen LogP contribution in [0.1, 0.15) is 0 Å². The molecule has 16 heavy (non-hydrogen) atoms. The average Bonchev–Trinajstić information content (AvgIpc) is 2.91. The molecular weight excluding hydrogens is 214 g/mol. The first-order valence-electron chi connectivity index (χ1n) is 5.09. The molecule has 2 fully saturated rings. The number of aliphatic hydroxyl groups excluding tert-OH is 2. The van der Waals surface area contributed by atoms with E-state index in [1.165, 1.54) is 0 Å².